The fourth-order valence-corrected chi connectivity index (χ4v) is 3.04. The minimum atomic E-state index is -4.67. The molecule has 1 aliphatic rings. The Hall–Kier alpha value is -0.170. The average Bonchev–Trinajstić information content (AvgIpc) is 2.33. The van der Waals surface area contributed by atoms with Gasteiger partial charge < -0.3 is 6.15 Å². The summed E-state index contributed by atoms with van der Waals surface area (Å²) in [5.74, 6) is 1.09. The third-order valence-corrected chi connectivity index (χ3v) is 4.19. The van der Waals surface area contributed by atoms with E-state index in [0.717, 1.165) is 5.92 Å². The first-order chi connectivity index (χ1) is 9.93. The van der Waals surface area contributed by atoms with Crippen molar-refractivity contribution in [2.75, 3.05) is 0 Å². The summed E-state index contributed by atoms with van der Waals surface area (Å²) in [6.45, 7) is 2.30. The van der Waals surface area contributed by atoms with E-state index in [1.807, 2.05) is 0 Å². The van der Waals surface area contributed by atoms with Gasteiger partial charge in [0.1, 0.15) is 0 Å². The Balaban J connectivity index is 0. The smallest absolute Gasteiger partial charge is 0.344 e. The lowest BCUT2D eigenvalue weighted by molar-refractivity contribution is 0.347. The molecular formula is C16H37NO4S. The molecule has 0 aromatic heterocycles. The zero-order chi connectivity index (χ0) is 16.0. The molecule has 1 fully saturated rings. The summed E-state index contributed by atoms with van der Waals surface area (Å²) in [5, 5.41) is 0. The Kier molecular flexibility index (Phi) is 17.2. The van der Waals surface area contributed by atoms with E-state index >= 15 is 0 Å². The second-order valence-corrected chi connectivity index (χ2v) is 7.11. The lowest BCUT2D eigenvalue weighted by Crippen LogP contribution is -2.03. The van der Waals surface area contributed by atoms with Crippen LogP contribution in [-0.4, -0.2) is 17.5 Å². The van der Waals surface area contributed by atoms with Gasteiger partial charge >= 0.3 is 10.4 Å². The van der Waals surface area contributed by atoms with Crippen molar-refractivity contribution in [3.05, 3.63) is 0 Å². The van der Waals surface area contributed by atoms with Gasteiger partial charge in [-0.05, 0) is 5.92 Å². The van der Waals surface area contributed by atoms with Crippen LogP contribution < -0.4 is 6.15 Å². The van der Waals surface area contributed by atoms with Crippen LogP contribution in [0.5, 0.6) is 0 Å². The van der Waals surface area contributed by atoms with Crippen molar-refractivity contribution < 1.29 is 17.5 Å². The molecule has 0 saturated heterocycles. The Bertz CT molecular complexity index is 304. The molecule has 0 aliphatic heterocycles. The highest BCUT2D eigenvalue weighted by Gasteiger charge is 2.10. The SMILES string of the molecule is CCCCCCCCC1CCCCCCC1.N.O=S(=O)(O)O. The van der Waals surface area contributed by atoms with E-state index < -0.39 is 10.4 Å². The predicted octanol–water partition coefficient (Wildman–Crippen LogP) is 5.61. The highest BCUT2D eigenvalue weighted by atomic mass is 32.3. The normalized spacial score (nSPS) is 16.7. The van der Waals surface area contributed by atoms with Gasteiger partial charge in [-0.3, -0.25) is 9.11 Å². The van der Waals surface area contributed by atoms with Gasteiger partial charge in [-0.2, -0.15) is 8.42 Å². The predicted molar refractivity (Wildman–Crippen MR) is 93.0 cm³/mol. The van der Waals surface area contributed by atoms with Crippen LogP contribution in [0.25, 0.3) is 0 Å². The molecule has 0 bridgehead atoms. The van der Waals surface area contributed by atoms with Gasteiger partial charge in [0.25, 0.3) is 0 Å². The molecule has 0 radical (unpaired) electrons. The molecule has 0 unspecified atom stereocenters. The number of rotatable bonds is 7. The zero-order valence-corrected chi connectivity index (χ0v) is 15.1. The number of hydrogen-bond donors (Lipinski definition) is 3. The summed E-state index contributed by atoms with van der Waals surface area (Å²) in [7, 11) is -4.67. The van der Waals surface area contributed by atoms with Crippen LogP contribution in [0.2, 0.25) is 0 Å². The fraction of sp³-hybridized carbons (Fsp3) is 1.00. The molecule has 0 aromatic rings. The maximum absolute atomic E-state index is 8.74. The molecule has 0 aromatic carbocycles. The van der Waals surface area contributed by atoms with E-state index in [2.05, 4.69) is 6.92 Å². The molecule has 136 valence electrons. The summed E-state index contributed by atoms with van der Waals surface area (Å²) >= 11 is 0. The van der Waals surface area contributed by atoms with Crippen molar-refractivity contribution >= 4 is 10.4 Å². The van der Waals surface area contributed by atoms with Gasteiger partial charge in [0.2, 0.25) is 0 Å². The zero-order valence-electron chi connectivity index (χ0n) is 14.3. The van der Waals surface area contributed by atoms with Gasteiger partial charge in [0, 0.05) is 0 Å². The molecule has 1 saturated carbocycles. The highest BCUT2D eigenvalue weighted by molar-refractivity contribution is 7.79. The molecule has 0 amide bonds. The van der Waals surface area contributed by atoms with E-state index in [9.17, 15) is 0 Å². The minimum absolute atomic E-state index is 0. The van der Waals surface area contributed by atoms with Crippen LogP contribution in [0.3, 0.4) is 0 Å². The Morgan fingerprint density at radius 1 is 0.818 bits per heavy atom. The maximum Gasteiger partial charge on any atom is 0.394 e. The standard InChI is InChI=1S/C16H32.H3N.H2O4S/c1-2-3-4-5-7-10-13-16-14-11-8-6-9-12-15-16;;1-5(2,3)4/h16H,2-15H2,1H3;1H3;(H2,1,2,3,4). The van der Waals surface area contributed by atoms with Gasteiger partial charge in [-0.1, -0.05) is 96.8 Å². The van der Waals surface area contributed by atoms with Crippen LogP contribution in [0.4, 0.5) is 0 Å². The molecular weight excluding hydrogens is 302 g/mol. The van der Waals surface area contributed by atoms with Crippen molar-refractivity contribution in [3.8, 4) is 0 Å². The minimum Gasteiger partial charge on any atom is -0.344 e. The van der Waals surface area contributed by atoms with Crippen LogP contribution in [-0.2, 0) is 10.4 Å². The van der Waals surface area contributed by atoms with Crippen molar-refractivity contribution in [2.24, 2.45) is 5.92 Å². The van der Waals surface area contributed by atoms with E-state index in [4.69, 9.17) is 17.5 Å². The van der Waals surface area contributed by atoms with Crippen LogP contribution >= 0.6 is 0 Å². The second kappa shape index (κ2) is 15.7. The van der Waals surface area contributed by atoms with Gasteiger partial charge in [0.15, 0.2) is 0 Å². The Labute approximate surface area is 137 Å². The van der Waals surface area contributed by atoms with Crippen LogP contribution in [0, 0.1) is 5.92 Å². The van der Waals surface area contributed by atoms with Crippen molar-refractivity contribution in [1.29, 1.82) is 0 Å². The quantitative estimate of drug-likeness (QED) is 0.412. The molecule has 0 atom stereocenters. The summed E-state index contributed by atoms with van der Waals surface area (Å²) in [6, 6.07) is 0. The molecule has 22 heavy (non-hydrogen) atoms. The van der Waals surface area contributed by atoms with Crippen LogP contribution in [0.1, 0.15) is 96.8 Å². The average molecular weight is 340 g/mol. The molecule has 6 heteroatoms. The Morgan fingerprint density at radius 3 is 1.73 bits per heavy atom. The first-order valence-electron chi connectivity index (χ1n) is 8.63. The molecule has 0 heterocycles. The topological polar surface area (TPSA) is 110 Å². The third kappa shape index (κ3) is 22.1. The maximum atomic E-state index is 8.74. The van der Waals surface area contributed by atoms with Gasteiger partial charge in [-0.15, -0.1) is 0 Å². The first-order valence-corrected chi connectivity index (χ1v) is 10.0. The summed E-state index contributed by atoms with van der Waals surface area (Å²) in [4.78, 5) is 0. The number of hydrogen-bond acceptors (Lipinski definition) is 3. The monoisotopic (exact) mass is 339 g/mol. The summed E-state index contributed by atoms with van der Waals surface area (Å²) in [6.07, 6.45) is 20.9. The molecule has 0 spiro atoms. The van der Waals surface area contributed by atoms with E-state index in [1.165, 1.54) is 89.9 Å². The van der Waals surface area contributed by atoms with E-state index in [0.29, 0.717) is 0 Å². The van der Waals surface area contributed by atoms with Crippen LogP contribution in [0.15, 0.2) is 0 Å². The first kappa shape index (κ1) is 24.1. The molecule has 1 aliphatic carbocycles. The largest absolute Gasteiger partial charge is 0.394 e. The van der Waals surface area contributed by atoms with Crippen molar-refractivity contribution in [1.82, 2.24) is 6.15 Å². The second-order valence-electron chi connectivity index (χ2n) is 6.22. The van der Waals surface area contributed by atoms with E-state index in [-0.39, 0.29) is 6.15 Å². The molecule has 1 rings (SSSR count). The number of unbranched alkanes of at least 4 members (excludes halogenated alkanes) is 5. The molecule has 5 N–H and O–H groups in total. The third-order valence-electron chi connectivity index (χ3n) is 4.19. The lowest BCUT2D eigenvalue weighted by Gasteiger charge is -2.19. The van der Waals surface area contributed by atoms with E-state index in [1.54, 1.807) is 0 Å². The van der Waals surface area contributed by atoms with Crippen molar-refractivity contribution in [3.63, 3.8) is 0 Å². The fourth-order valence-electron chi connectivity index (χ4n) is 3.04. The summed E-state index contributed by atoms with van der Waals surface area (Å²) in [5.41, 5.74) is 0. The van der Waals surface area contributed by atoms with Crippen molar-refractivity contribution in [2.45, 2.75) is 96.8 Å². The lowest BCUT2D eigenvalue weighted by atomic mass is 9.87. The highest BCUT2D eigenvalue weighted by Crippen LogP contribution is 2.26. The molecule has 5 nitrogen and oxygen atoms in total. The Morgan fingerprint density at radius 2 is 1.23 bits per heavy atom. The summed E-state index contributed by atoms with van der Waals surface area (Å²) < 4.78 is 31.6. The van der Waals surface area contributed by atoms with Gasteiger partial charge in [0.05, 0.1) is 0 Å². The van der Waals surface area contributed by atoms with Gasteiger partial charge in [-0.25, -0.2) is 0 Å².